The van der Waals surface area contributed by atoms with Crippen molar-refractivity contribution in [3.63, 3.8) is 0 Å². The van der Waals surface area contributed by atoms with E-state index in [0.29, 0.717) is 0 Å². The third kappa shape index (κ3) is 5.60. The van der Waals surface area contributed by atoms with Crippen molar-refractivity contribution in [2.75, 3.05) is 4.90 Å². The zero-order chi connectivity index (χ0) is 47.4. The molecule has 12 aromatic rings. The zero-order valence-corrected chi connectivity index (χ0v) is 39.3. The van der Waals surface area contributed by atoms with Crippen molar-refractivity contribution in [1.82, 2.24) is 0 Å². The van der Waals surface area contributed by atoms with E-state index in [1.54, 1.807) is 0 Å². The van der Waals surface area contributed by atoms with E-state index in [0.717, 1.165) is 34.0 Å². The van der Waals surface area contributed by atoms with Gasteiger partial charge in [0, 0.05) is 33.6 Å². The molecule has 1 heterocycles. The molecule has 336 valence electrons. The molecule has 0 amide bonds. The molecular formula is C70H45NO. The summed E-state index contributed by atoms with van der Waals surface area (Å²) in [5, 5.41) is 1.17. The summed E-state index contributed by atoms with van der Waals surface area (Å²) < 4.78 is 6.75. The van der Waals surface area contributed by atoms with Crippen molar-refractivity contribution in [1.29, 1.82) is 0 Å². The summed E-state index contributed by atoms with van der Waals surface area (Å²) in [6.45, 7) is 0. The number of fused-ring (bicyclic) bond motifs is 15. The fraction of sp³-hybridized carbons (Fsp3) is 0.0286. The first-order valence-electron chi connectivity index (χ1n) is 25.0. The van der Waals surface area contributed by atoms with Crippen LogP contribution < -0.4 is 4.90 Å². The fourth-order valence-electron chi connectivity index (χ4n) is 13.0. The van der Waals surface area contributed by atoms with Crippen LogP contribution in [0.25, 0.3) is 66.8 Å². The van der Waals surface area contributed by atoms with Gasteiger partial charge in [-0.15, -0.1) is 0 Å². The van der Waals surface area contributed by atoms with Crippen LogP contribution in [0.4, 0.5) is 17.1 Å². The van der Waals surface area contributed by atoms with Gasteiger partial charge in [0.05, 0.1) is 10.8 Å². The Kier molecular flexibility index (Phi) is 8.82. The van der Waals surface area contributed by atoms with Crippen LogP contribution in [0, 0.1) is 0 Å². The SMILES string of the molecule is c1ccc(-c2ccc(N(c3ccc(-c4ccc5c(c4)-c4ccccc4C54c5ccccc5-c5oc6ccccc6c54)cc3)c3ccc4c(c3)C(c3ccccc3)(c3ccccc3)c3ccccc3-4)cc2)cc1. The van der Waals surface area contributed by atoms with Gasteiger partial charge in [0.15, 0.2) is 0 Å². The topological polar surface area (TPSA) is 16.4 Å². The molecule has 0 radical (unpaired) electrons. The number of para-hydroxylation sites is 1. The lowest BCUT2D eigenvalue weighted by atomic mass is 9.67. The summed E-state index contributed by atoms with van der Waals surface area (Å²) >= 11 is 0. The second kappa shape index (κ2) is 15.6. The van der Waals surface area contributed by atoms with Crippen molar-refractivity contribution in [3.8, 4) is 55.8 Å². The van der Waals surface area contributed by atoms with Crippen LogP contribution in [0.1, 0.15) is 44.5 Å². The molecule has 0 saturated carbocycles. The molecule has 0 aliphatic heterocycles. The molecule has 1 atom stereocenters. The van der Waals surface area contributed by atoms with Crippen LogP contribution in [-0.4, -0.2) is 0 Å². The third-order valence-electron chi connectivity index (χ3n) is 16.0. The maximum absolute atomic E-state index is 6.75. The Labute approximate surface area is 419 Å². The highest BCUT2D eigenvalue weighted by molar-refractivity contribution is 6.02. The van der Waals surface area contributed by atoms with Crippen LogP contribution in [0.5, 0.6) is 0 Å². The van der Waals surface area contributed by atoms with Crippen LogP contribution >= 0.6 is 0 Å². The Bertz CT molecular complexity index is 4040. The molecule has 0 bridgehead atoms. The van der Waals surface area contributed by atoms with Crippen molar-refractivity contribution in [2.45, 2.75) is 10.8 Å². The van der Waals surface area contributed by atoms with E-state index >= 15 is 0 Å². The maximum Gasteiger partial charge on any atom is 0.140 e. The molecular weight excluding hydrogens is 871 g/mol. The number of nitrogens with zero attached hydrogens (tertiary/aromatic N) is 1. The van der Waals surface area contributed by atoms with E-state index in [2.05, 4.69) is 278 Å². The molecule has 2 nitrogen and oxygen atoms in total. The molecule has 0 saturated heterocycles. The number of furan rings is 1. The van der Waals surface area contributed by atoms with Crippen LogP contribution in [0.3, 0.4) is 0 Å². The summed E-state index contributed by atoms with van der Waals surface area (Å²) in [4.78, 5) is 2.43. The van der Waals surface area contributed by atoms with Gasteiger partial charge in [-0.05, 0) is 132 Å². The first-order valence-corrected chi connectivity index (χ1v) is 25.0. The lowest BCUT2D eigenvalue weighted by molar-refractivity contribution is 0.628. The molecule has 3 aliphatic carbocycles. The Hall–Kier alpha value is -9.24. The highest BCUT2D eigenvalue weighted by Gasteiger charge is 2.54. The van der Waals surface area contributed by atoms with Gasteiger partial charge in [-0.3, -0.25) is 0 Å². The van der Waals surface area contributed by atoms with E-state index in [9.17, 15) is 0 Å². The standard InChI is InChI=1S/C70H45NO/c1-4-18-46(19-5-1)47-32-37-52(38-33-47)71(54-41-42-57-55-24-10-14-28-61(55)69(65(57)45-54,50-20-6-2-7-21-50)51-22-8-3-9-23-51)53-39-34-48(35-40-53)49-36-43-64-60(44-49)56-25-11-15-29-62(56)70(64)63-30-16-12-26-58(63)68-67(70)59-27-13-17-31-66(59)72-68/h1-45H. The zero-order valence-electron chi connectivity index (χ0n) is 39.3. The summed E-state index contributed by atoms with van der Waals surface area (Å²) in [6.07, 6.45) is 0. The second-order valence-corrected chi connectivity index (χ2v) is 19.5. The minimum atomic E-state index is -0.519. The summed E-state index contributed by atoms with van der Waals surface area (Å²) in [5.74, 6) is 0.979. The van der Waals surface area contributed by atoms with Gasteiger partial charge in [0.25, 0.3) is 0 Å². The second-order valence-electron chi connectivity index (χ2n) is 19.5. The van der Waals surface area contributed by atoms with Crippen LogP contribution in [-0.2, 0) is 10.8 Å². The van der Waals surface area contributed by atoms with Gasteiger partial charge in [0.1, 0.15) is 11.3 Å². The quantitative estimate of drug-likeness (QED) is 0.158. The molecule has 1 unspecified atom stereocenters. The van der Waals surface area contributed by atoms with Gasteiger partial charge in [-0.2, -0.15) is 0 Å². The molecule has 2 heteroatoms. The van der Waals surface area contributed by atoms with Crippen molar-refractivity contribution in [3.05, 3.63) is 317 Å². The minimum absolute atomic E-state index is 0.487. The summed E-state index contributed by atoms with van der Waals surface area (Å²) in [5.41, 5.74) is 24.4. The normalized spacial score (nSPS) is 15.1. The van der Waals surface area contributed by atoms with Gasteiger partial charge < -0.3 is 9.32 Å². The number of rotatable bonds is 7. The summed E-state index contributed by atoms with van der Waals surface area (Å²) in [6, 6.07) is 101. The largest absolute Gasteiger partial charge is 0.456 e. The van der Waals surface area contributed by atoms with Gasteiger partial charge in [-0.25, -0.2) is 0 Å². The number of benzene rings is 11. The molecule has 0 fully saturated rings. The molecule has 0 N–H and O–H groups in total. The van der Waals surface area contributed by atoms with Crippen LogP contribution in [0.2, 0.25) is 0 Å². The van der Waals surface area contributed by atoms with Gasteiger partial charge >= 0.3 is 0 Å². The fourth-order valence-corrected chi connectivity index (χ4v) is 13.0. The molecule has 15 rings (SSSR count). The molecule has 11 aromatic carbocycles. The highest BCUT2D eigenvalue weighted by Crippen LogP contribution is 2.65. The maximum atomic E-state index is 6.75. The Morgan fingerprint density at radius 2 is 0.722 bits per heavy atom. The first-order chi connectivity index (χ1) is 35.7. The summed E-state index contributed by atoms with van der Waals surface area (Å²) in [7, 11) is 0. The van der Waals surface area contributed by atoms with Crippen molar-refractivity contribution in [2.24, 2.45) is 0 Å². The number of hydrogen-bond donors (Lipinski definition) is 0. The van der Waals surface area contributed by atoms with E-state index in [1.165, 1.54) is 94.4 Å². The smallest absolute Gasteiger partial charge is 0.140 e. The van der Waals surface area contributed by atoms with Gasteiger partial charge in [-0.1, -0.05) is 224 Å². The van der Waals surface area contributed by atoms with E-state index in [1.807, 2.05) is 0 Å². The Balaban J connectivity index is 0.883. The van der Waals surface area contributed by atoms with Crippen LogP contribution in [0.15, 0.2) is 277 Å². The van der Waals surface area contributed by atoms with E-state index in [4.69, 9.17) is 4.42 Å². The minimum Gasteiger partial charge on any atom is -0.456 e. The number of anilines is 3. The first kappa shape index (κ1) is 40.6. The Morgan fingerprint density at radius 1 is 0.278 bits per heavy atom. The molecule has 1 aromatic heterocycles. The highest BCUT2D eigenvalue weighted by atomic mass is 16.3. The number of hydrogen-bond acceptors (Lipinski definition) is 2. The van der Waals surface area contributed by atoms with Crippen molar-refractivity contribution < 1.29 is 4.42 Å². The predicted octanol–water partition coefficient (Wildman–Crippen LogP) is 17.9. The van der Waals surface area contributed by atoms with Gasteiger partial charge in [0.2, 0.25) is 0 Å². The Morgan fingerprint density at radius 3 is 1.38 bits per heavy atom. The molecule has 1 spiro atoms. The van der Waals surface area contributed by atoms with E-state index < -0.39 is 10.8 Å². The molecule has 72 heavy (non-hydrogen) atoms. The van der Waals surface area contributed by atoms with E-state index in [-0.39, 0.29) is 0 Å². The third-order valence-corrected chi connectivity index (χ3v) is 16.0. The molecule has 3 aliphatic rings. The lowest BCUT2D eigenvalue weighted by Crippen LogP contribution is -2.28. The average Bonchev–Trinajstić information content (AvgIpc) is 4.17. The average molecular weight is 916 g/mol. The predicted molar refractivity (Wildman–Crippen MR) is 295 cm³/mol. The monoisotopic (exact) mass is 915 g/mol. The van der Waals surface area contributed by atoms with Crippen molar-refractivity contribution >= 4 is 28.0 Å². The lowest BCUT2D eigenvalue weighted by Gasteiger charge is -2.35.